The fourth-order valence-corrected chi connectivity index (χ4v) is 8.67. The van der Waals surface area contributed by atoms with Crippen LogP contribution in [-0.2, 0) is 5.41 Å². The molecule has 0 radical (unpaired) electrons. The highest BCUT2D eigenvalue weighted by Gasteiger charge is 2.38. The zero-order valence-corrected chi connectivity index (χ0v) is 33.2. The minimum Gasteiger partial charge on any atom is -0.294 e. The van der Waals surface area contributed by atoms with Crippen LogP contribution < -0.4 is 9.91 Å². The molecule has 9 aromatic rings. The fourth-order valence-electron chi connectivity index (χ4n) is 8.67. The van der Waals surface area contributed by atoms with Crippen molar-refractivity contribution in [1.82, 2.24) is 9.66 Å². The summed E-state index contributed by atoms with van der Waals surface area (Å²) in [6.45, 7) is 4.65. The predicted molar refractivity (Wildman–Crippen MR) is 245 cm³/mol. The largest absolute Gasteiger partial charge is 0.294 e. The number of aliphatic imine (C=N–C) groups is 1. The molecule has 1 aliphatic heterocycles. The quantitative estimate of drug-likeness (QED) is 0.136. The van der Waals surface area contributed by atoms with Crippen molar-refractivity contribution in [2.75, 3.05) is 17.0 Å². The summed E-state index contributed by atoms with van der Waals surface area (Å²) in [7, 11) is 2.05. The number of anilines is 3. The van der Waals surface area contributed by atoms with Crippen molar-refractivity contribution < 1.29 is 0 Å². The van der Waals surface area contributed by atoms with Crippen molar-refractivity contribution in [3.05, 3.63) is 216 Å². The summed E-state index contributed by atoms with van der Waals surface area (Å²) in [6.07, 6.45) is 0. The van der Waals surface area contributed by atoms with E-state index < -0.39 is 0 Å². The number of hydrogen-bond acceptors (Lipinski definition) is 3. The molecule has 0 unspecified atom stereocenters. The topological polar surface area (TPSA) is 60.5 Å². The Kier molecular flexibility index (Phi) is 8.76. The number of hydrogen-bond donors (Lipinski definition) is 1. The molecule has 0 spiro atoms. The van der Waals surface area contributed by atoms with Crippen LogP contribution in [0.4, 0.5) is 17.2 Å². The number of aromatic nitrogens is 2. The Hall–Kier alpha value is -7.57. The monoisotopic (exact) mass is 762 g/mol. The SMILES string of the molecule is CN(C(=NC(=N)c1ccccc1)c1ccccc1)n1c2ccccc2c2cc3c(cc21)C(C)(C)c1ccccc1N3c1cc(-c2ccccc2)cc(-c2ccccc2)n1. The van der Waals surface area contributed by atoms with Gasteiger partial charge < -0.3 is 0 Å². The van der Waals surface area contributed by atoms with Crippen LogP contribution in [0.2, 0.25) is 0 Å². The summed E-state index contributed by atoms with van der Waals surface area (Å²) >= 11 is 0. The zero-order chi connectivity index (χ0) is 40.1. The van der Waals surface area contributed by atoms with Gasteiger partial charge in [0.15, 0.2) is 11.7 Å². The highest BCUT2D eigenvalue weighted by atomic mass is 15.6. The summed E-state index contributed by atoms with van der Waals surface area (Å²) in [4.78, 5) is 12.9. The summed E-state index contributed by atoms with van der Waals surface area (Å²) in [6, 6.07) is 67.4. The van der Waals surface area contributed by atoms with E-state index in [2.05, 4.69) is 168 Å². The molecule has 0 fully saturated rings. The molecule has 1 aliphatic rings. The number of benzene rings is 7. The lowest BCUT2D eigenvalue weighted by Crippen LogP contribution is -2.38. The van der Waals surface area contributed by atoms with Gasteiger partial charge in [0.2, 0.25) is 0 Å². The third-order valence-electron chi connectivity index (χ3n) is 11.6. The highest BCUT2D eigenvalue weighted by molar-refractivity contribution is 6.17. The first kappa shape index (κ1) is 35.8. The lowest BCUT2D eigenvalue weighted by Gasteiger charge is -2.42. The van der Waals surface area contributed by atoms with E-state index in [1.807, 2.05) is 61.6 Å². The van der Waals surface area contributed by atoms with Gasteiger partial charge in [-0.2, -0.15) is 0 Å². The number of rotatable bonds is 6. The van der Waals surface area contributed by atoms with Crippen molar-refractivity contribution >= 4 is 50.7 Å². The second-order valence-electron chi connectivity index (χ2n) is 15.6. The smallest absolute Gasteiger partial charge is 0.157 e. The van der Waals surface area contributed by atoms with Gasteiger partial charge in [-0.05, 0) is 58.7 Å². The first-order chi connectivity index (χ1) is 28.9. The lowest BCUT2D eigenvalue weighted by atomic mass is 9.73. The van der Waals surface area contributed by atoms with Crippen molar-refractivity contribution in [3.63, 3.8) is 0 Å². The molecule has 10 rings (SSSR count). The molecule has 0 saturated carbocycles. The van der Waals surface area contributed by atoms with Gasteiger partial charge in [-0.3, -0.25) is 20.0 Å². The van der Waals surface area contributed by atoms with Gasteiger partial charge in [0.25, 0.3) is 0 Å². The summed E-state index contributed by atoms with van der Waals surface area (Å²) in [5.74, 6) is 1.72. The molecule has 0 saturated heterocycles. The van der Waals surface area contributed by atoms with Gasteiger partial charge in [-0.25, -0.2) is 9.98 Å². The van der Waals surface area contributed by atoms with Gasteiger partial charge in [0.05, 0.1) is 28.1 Å². The molecule has 1 N–H and O–H groups in total. The number of fused-ring (bicyclic) bond motifs is 5. The van der Waals surface area contributed by atoms with Crippen molar-refractivity contribution in [1.29, 1.82) is 5.41 Å². The van der Waals surface area contributed by atoms with E-state index in [0.717, 1.165) is 72.5 Å². The Morgan fingerprint density at radius 1 is 0.542 bits per heavy atom. The van der Waals surface area contributed by atoms with Crippen LogP contribution in [0, 0.1) is 5.41 Å². The second kappa shape index (κ2) is 14.4. The number of nitrogens with one attached hydrogen (secondary N) is 1. The first-order valence-corrected chi connectivity index (χ1v) is 20.0. The van der Waals surface area contributed by atoms with E-state index in [-0.39, 0.29) is 11.3 Å². The zero-order valence-electron chi connectivity index (χ0n) is 33.2. The maximum Gasteiger partial charge on any atom is 0.157 e. The second-order valence-corrected chi connectivity index (χ2v) is 15.6. The van der Waals surface area contributed by atoms with E-state index in [1.165, 1.54) is 11.1 Å². The Bertz CT molecular complexity index is 2980. The molecule has 7 aromatic carbocycles. The van der Waals surface area contributed by atoms with E-state index in [9.17, 15) is 0 Å². The molecule has 0 amide bonds. The number of para-hydroxylation sites is 2. The Labute approximate surface area is 344 Å². The standard InChI is InChI=1S/C53H42N6/c1-53(2)43-29-17-19-31-47(43)58(50-33-40(36-20-8-4-9-21-36)32-45(55-50)37-22-10-5-11-23-37)49-34-42-41-28-16-18-30-46(41)59(48(42)35-44(49)53)57(3)52(39-26-14-7-15-27-39)56-51(54)38-24-12-6-13-25-38/h4-35,54H,1-3H3. The van der Waals surface area contributed by atoms with Gasteiger partial charge in [0, 0.05) is 39.9 Å². The molecule has 0 atom stereocenters. The van der Waals surface area contributed by atoms with E-state index >= 15 is 0 Å². The molecule has 6 nitrogen and oxygen atoms in total. The van der Waals surface area contributed by atoms with Crippen LogP contribution in [0.5, 0.6) is 0 Å². The molecule has 0 aliphatic carbocycles. The van der Waals surface area contributed by atoms with Crippen LogP contribution in [0.1, 0.15) is 36.1 Å². The fraction of sp³-hybridized carbons (Fsp3) is 0.0755. The van der Waals surface area contributed by atoms with Crippen LogP contribution in [0.25, 0.3) is 44.2 Å². The third kappa shape index (κ3) is 6.17. The van der Waals surface area contributed by atoms with Gasteiger partial charge in [0.1, 0.15) is 5.82 Å². The average Bonchev–Trinajstić information content (AvgIpc) is 3.62. The lowest BCUT2D eigenvalue weighted by molar-refractivity contribution is 0.632. The van der Waals surface area contributed by atoms with Gasteiger partial charge in [-0.1, -0.05) is 172 Å². The molecular formula is C53H42N6. The van der Waals surface area contributed by atoms with Gasteiger partial charge >= 0.3 is 0 Å². The minimum absolute atomic E-state index is 0.197. The molecular weight excluding hydrogens is 721 g/mol. The minimum atomic E-state index is -0.360. The Morgan fingerprint density at radius 3 is 1.85 bits per heavy atom. The van der Waals surface area contributed by atoms with Crippen molar-refractivity contribution in [3.8, 4) is 22.4 Å². The van der Waals surface area contributed by atoms with E-state index in [4.69, 9.17) is 15.4 Å². The molecule has 3 heterocycles. The molecule has 2 aromatic heterocycles. The Balaban J connectivity index is 1.23. The summed E-state index contributed by atoms with van der Waals surface area (Å²) < 4.78 is 2.26. The molecule has 0 bridgehead atoms. The average molecular weight is 763 g/mol. The number of amidine groups is 2. The molecule has 6 heteroatoms. The maximum absolute atomic E-state index is 9.11. The van der Waals surface area contributed by atoms with E-state index in [1.54, 1.807) is 0 Å². The summed E-state index contributed by atoms with van der Waals surface area (Å²) in [5.41, 5.74) is 12.2. The first-order valence-electron chi connectivity index (χ1n) is 20.0. The highest BCUT2D eigenvalue weighted by Crippen LogP contribution is 2.53. The maximum atomic E-state index is 9.11. The van der Waals surface area contributed by atoms with Crippen LogP contribution in [-0.4, -0.2) is 28.4 Å². The Morgan fingerprint density at radius 2 is 1.14 bits per heavy atom. The van der Waals surface area contributed by atoms with Gasteiger partial charge in [-0.15, -0.1) is 0 Å². The molecule has 59 heavy (non-hydrogen) atoms. The van der Waals surface area contributed by atoms with Crippen LogP contribution in [0.15, 0.2) is 199 Å². The normalized spacial score (nSPS) is 13.3. The van der Waals surface area contributed by atoms with E-state index in [0.29, 0.717) is 5.84 Å². The van der Waals surface area contributed by atoms with Crippen molar-refractivity contribution in [2.24, 2.45) is 4.99 Å². The van der Waals surface area contributed by atoms with Crippen LogP contribution >= 0.6 is 0 Å². The predicted octanol–water partition coefficient (Wildman–Crippen LogP) is 12.7. The molecule has 284 valence electrons. The van der Waals surface area contributed by atoms with Crippen LogP contribution in [0.3, 0.4) is 0 Å². The number of nitrogens with zero attached hydrogens (tertiary/aromatic N) is 5. The summed E-state index contributed by atoms with van der Waals surface area (Å²) in [5, 5.41) is 13.4. The third-order valence-corrected chi connectivity index (χ3v) is 11.6. The number of pyridine rings is 1. The van der Waals surface area contributed by atoms with Crippen molar-refractivity contribution in [2.45, 2.75) is 19.3 Å².